The summed E-state index contributed by atoms with van der Waals surface area (Å²) in [6.07, 6.45) is 0.978. The monoisotopic (exact) mass is 318 g/mol. The number of amides is 1. The third kappa shape index (κ3) is 2.52. The minimum absolute atomic E-state index is 0.0871. The average molecular weight is 318 g/mol. The van der Waals surface area contributed by atoms with Crippen LogP contribution in [0, 0.1) is 5.41 Å². The summed E-state index contributed by atoms with van der Waals surface area (Å²) >= 11 is 1.73. The van der Waals surface area contributed by atoms with Gasteiger partial charge >= 0.3 is 0 Å². The highest BCUT2D eigenvalue weighted by atomic mass is 32.1. The number of carbonyl (C=O) groups is 1. The lowest BCUT2D eigenvalue weighted by atomic mass is 9.92. The van der Waals surface area contributed by atoms with Crippen LogP contribution in [-0.2, 0) is 10.2 Å². The molecule has 3 nitrogen and oxygen atoms in total. The predicted octanol–water partition coefficient (Wildman–Crippen LogP) is 3.14. The van der Waals surface area contributed by atoms with Gasteiger partial charge in [0.25, 0.3) is 0 Å². The van der Waals surface area contributed by atoms with Crippen LogP contribution in [0.5, 0.6) is 0 Å². The van der Waals surface area contributed by atoms with Gasteiger partial charge in [-0.15, -0.1) is 11.3 Å². The predicted molar refractivity (Wildman–Crippen MR) is 92.2 cm³/mol. The van der Waals surface area contributed by atoms with E-state index in [0.717, 1.165) is 39.1 Å². The zero-order valence-corrected chi connectivity index (χ0v) is 14.7. The first kappa shape index (κ1) is 15.8. The van der Waals surface area contributed by atoms with Gasteiger partial charge in [0.15, 0.2) is 0 Å². The van der Waals surface area contributed by atoms with E-state index in [1.807, 2.05) is 0 Å². The van der Waals surface area contributed by atoms with E-state index < -0.39 is 0 Å². The van der Waals surface area contributed by atoms with Crippen molar-refractivity contribution in [1.29, 1.82) is 0 Å². The fraction of sp³-hybridized carbons (Fsp3) is 0.611. The summed E-state index contributed by atoms with van der Waals surface area (Å²) in [6, 6.07) is 4.20. The number of nitrogens with zero attached hydrogens (tertiary/aromatic N) is 2. The molecule has 1 aliphatic heterocycles. The summed E-state index contributed by atoms with van der Waals surface area (Å²) in [5.41, 5.74) is 1.01. The van der Waals surface area contributed by atoms with Crippen molar-refractivity contribution in [2.75, 3.05) is 32.7 Å². The molecular formula is C18H26N2OS. The molecule has 3 rings (SSSR count). The molecule has 1 aromatic heterocycles. The molecule has 0 radical (unpaired) electrons. The lowest BCUT2D eigenvalue weighted by molar-refractivity contribution is -0.136. The molecule has 1 saturated carbocycles. The minimum atomic E-state index is -0.266. The van der Waals surface area contributed by atoms with Crippen molar-refractivity contribution in [2.45, 2.75) is 32.6 Å². The van der Waals surface area contributed by atoms with Crippen LogP contribution in [0.2, 0.25) is 0 Å². The van der Waals surface area contributed by atoms with Gasteiger partial charge in [0, 0.05) is 37.6 Å². The van der Waals surface area contributed by atoms with Gasteiger partial charge in [-0.2, -0.15) is 0 Å². The van der Waals surface area contributed by atoms with Crippen LogP contribution >= 0.6 is 11.3 Å². The van der Waals surface area contributed by atoms with Gasteiger partial charge in [0.2, 0.25) is 5.91 Å². The molecule has 1 aliphatic carbocycles. The average Bonchev–Trinajstić information content (AvgIpc) is 2.85. The van der Waals surface area contributed by atoms with Crippen LogP contribution in [-0.4, -0.2) is 48.4 Å². The number of thiophene rings is 1. The Bertz CT molecular complexity index is 570. The summed E-state index contributed by atoms with van der Waals surface area (Å²) in [6.45, 7) is 15.0. The maximum absolute atomic E-state index is 13.2. The molecule has 2 fully saturated rings. The van der Waals surface area contributed by atoms with Crippen LogP contribution in [0.25, 0.3) is 0 Å². The largest absolute Gasteiger partial charge is 0.339 e. The number of hydrogen-bond acceptors (Lipinski definition) is 3. The Morgan fingerprint density at radius 3 is 2.41 bits per heavy atom. The van der Waals surface area contributed by atoms with E-state index in [1.54, 1.807) is 11.3 Å². The summed E-state index contributed by atoms with van der Waals surface area (Å²) in [7, 11) is 0. The van der Waals surface area contributed by atoms with E-state index in [9.17, 15) is 4.79 Å². The second-order valence-corrected chi connectivity index (χ2v) is 8.42. The molecule has 2 aliphatic rings. The second kappa shape index (κ2) is 5.50. The van der Waals surface area contributed by atoms with Crippen LogP contribution < -0.4 is 0 Å². The van der Waals surface area contributed by atoms with E-state index in [4.69, 9.17) is 0 Å². The molecule has 0 spiro atoms. The molecule has 1 aromatic rings. The van der Waals surface area contributed by atoms with Gasteiger partial charge in [-0.25, -0.2) is 0 Å². The molecule has 22 heavy (non-hydrogen) atoms. The molecule has 0 bridgehead atoms. The Labute approximate surface area is 137 Å². The Morgan fingerprint density at radius 2 is 1.95 bits per heavy atom. The van der Waals surface area contributed by atoms with Gasteiger partial charge in [-0.1, -0.05) is 32.1 Å². The number of hydrogen-bond donors (Lipinski definition) is 0. The fourth-order valence-electron chi connectivity index (χ4n) is 3.79. The molecule has 1 amide bonds. The highest BCUT2D eigenvalue weighted by Crippen LogP contribution is 2.66. The van der Waals surface area contributed by atoms with Crippen LogP contribution in [0.3, 0.4) is 0 Å². The van der Waals surface area contributed by atoms with E-state index >= 15 is 0 Å². The van der Waals surface area contributed by atoms with E-state index in [0.29, 0.717) is 5.91 Å². The van der Waals surface area contributed by atoms with Gasteiger partial charge in [-0.05, 0) is 30.2 Å². The summed E-state index contributed by atoms with van der Waals surface area (Å²) in [5, 5.41) is 2.09. The van der Waals surface area contributed by atoms with Crippen molar-refractivity contribution in [1.82, 2.24) is 9.80 Å². The third-order valence-electron chi connectivity index (χ3n) is 5.20. The normalized spacial score (nSPS) is 27.7. The zero-order valence-electron chi connectivity index (χ0n) is 13.9. The molecule has 4 heteroatoms. The van der Waals surface area contributed by atoms with E-state index in [1.165, 1.54) is 10.5 Å². The Morgan fingerprint density at radius 1 is 1.32 bits per heavy atom. The van der Waals surface area contributed by atoms with Crippen molar-refractivity contribution in [2.24, 2.45) is 5.41 Å². The van der Waals surface area contributed by atoms with Crippen LogP contribution in [0.4, 0.5) is 0 Å². The highest BCUT2D eigenvalue weighted by Gasteiger charge is 2.68. The van der Waals surface area contributed by atoms with Crippen molar-refractivity contribution in [3.63, 3.8) is 0 Å². The molecule has 2 heterocycles. The van der Waals surface area contributed by atoms with Gasteiger partial charge in [-0.3, -0.25) is 9.69 Å². The summed E-state index contributed by atoms with van der Waals surface area (Å²) < 4.78 is 0. The zero-order chi connectivity index (χ0) is 16.0. The summed E-state index contributed by atoms with van der Waals surface area (Å²) in [5.74, 6) is 0.343. The second-order valence-electron chi connectivity index (χ2n) is 7.47. The smallest absolute Gasteiger partial charge is 0.234 e. The highest BCUT2D eigenvalue weighted by molar-refractivity contribution is 7.10. The maximum atomic E-state index is 13.2. The molecule has 1 unspecified atom stereocenters. The minimum Gasteiger partial charge on any atom is -0.339 e. The van der Waals surface area contributed by atoms with Gasteiger partial charge < -0.3 is 4.90 Å². The van der Waals surface area contributed by atoms with Crippen molar-refractivity contribution in [3.8, 4) is 0 Å². The van der Waals surface area contributed by atoms with E-state index in [-0.39, 0.29) is 10.8 Å². The summed E-state index contributed by atoms with van der Waals surface area (Å²) in [4.78, 5) is 18.9. The lowest BCUT2D eigenvalue weighted by Crippen LogP contribution is -2.52. The first-order chi connectivity index (χ1) is 10.4. The Hall–Kier alpha value is -1.13. The van der Waals surface area contributed by atoms with Gasteiger partial charge in [0.1, 0.15) is 0 Å². The fourth-order valence-corrected chi connectivity index (χ4v) is 4.89. The number of rotatable bonds is 4. The van der Waals surface area contributed by atoms with Gasteiger partial charge in [0.05, 0.1) is 5.41 Å². The van der Waals surface area contributed by atoms with Crippen LogP contribution in [0.1, 0.15) is 32.1 Å². The van der Waals surface area contributed by atoms with Crippen LogP contribution in [0.15, 0.2) is 29.7 Å². The Kier molecular flexibility index (Phi) is 3.94. The van der Waals surface area contributed by atoms with E-state index in [2.05, 4.69) is 54.7 Å². The molecule has 0 N–H and O–H groups in total. The molecule has 1 saturated heterocycles. The van der Waals surface area contributed by atoms with Crippen molar-refractivity contribution in [3.05, 3.63) is 34.5 Å². The third-order valence-corrected chi connectivity index (χ3v) is 6.23. The first-order valence-electron chi connectivity index (χ1n) is 8.07. The van der Waals surface area contributed by atoms with Crippen molar-refractivity contribution >= 4 is 17.2 Å². The number of piperazine rings is 1. The number of carbonyl (C=O) groups excluding carboxylic acids is 1. The molecule has 120 valence electrons. The maximum Gasteiger partial charge on any atom is 0.234 e. The SMILES string of the molecule is C=C(C)CN1CCN(C(=O)C2(c3cccs3)CC2(C)C)CC1. The Balaban J connectivity index is 1.71. The standard InChI is InChI=1S/C18H26N2OS/c1-14(2)12-19-7-9-20(10-8-19)16(21)18(13-17(18,3)4)15-6-5-11-22-15/h5-6,11H,1,7-10,12-13H2,2-4H3. The molecular weight excluding hydrogens is 292 g/mol. The van der Waals surface area contributed by atoms with Crippen molar-refractivity contribution < 1.29 is 4.79 Å². The topological polar surface area (TPSA) is 23.6 Å². The molecule has 0 aromatic carbocycles. The lowest BCUT2D eigenvalue weighted by Gasteiger charge is -2.37. The quantitative estimate of drug-likeness (QED) is 0.796. The molecule has 1 atom stereocenters. The first-order valence-corrected chi connectivity index (χ1v) is 8.95.